The second-order valence-electron chi connectivity index (χ2n) is 8.91. The van der Waals surface area contributed by atoms with Crippen molar-refractivity contribution in [1.29, 1.82) is 0 Å². The minimum absolute atomic E-state index is 0.0127. The SMILES string of the molecule is CCCCNC(=O)C1CCC(C)N(C(=O)C2CCCN(S(=O)(=O)c3ccc(Cl)cc3)C2)C1. The zero-order chi connectivity index (χ0) is 23.3. The van der Waals surface area contributed by atoms with Crippen molar-refractivity contribution in [2.45, 2.75) is 63.3 Å². The summed E-state index contributed by atoms with van der Waals surface area (Å²) in [5, 5.41) is 3.46. The summed E-state index contributed by atoms with van der Waals surface area (Å²) in [4.78, 5) is 27.9. The van der Waals surface area contributed by atoms with Gasteiger partial charge in [0.2, 0.25) is 21.8 Å². The van der Waals surface area contributed by atoms with Gasteiger partial charge < -0.3 is 10.2 Å². The summed E-state index contributed by atoms with van der Waals surface area (Å²) in [6, 6.07) is 6.16. The third-order valence-electron chi connectivity index (χ3n) is 6.55. The maximum absolute atomic E-state index is 13.4. The Bertz CT molecular complexity index is 906. The molecule has 9 heteroatoms. The molecule has 2 aliphatic heterocycles. The van der Waals surface area contributed by atoms with Crippen LogP contribution in [0.4, 0.5) is 0 Å². The summed E-state index contributed by atoms with van der Waals surface area (Å²) in [5.74, 6) is -0.627. The predicted octanol–water partition coefficient (Wildman–Crippen LogP) is 3.28. The Morgan fingerprint density at radius 2 is 1.81 bits per heavy atom. The highest BCUT2D eigenvalue weighted by Gasteiger charge is 2.39. The highest BCUT2D eigenvalue weighted by atomic mass is 35.5. The number of carbonyl (C=O) groups excluding carboxylic acids is 2. The molecule has 3 atom stereocenters. The summed E-state index contributed by atoms with van der Waals surface area (Å²) >= 11 is 5.89. The maximum Gasteiger partial charge on any atom is 0.243 e. The number of unbranched alkanes of at least 4 members (excludes halogenated alkanes) is 1. The first-order valence-electron chi connectivity index (χ1n) is 11.6. The number of hydrogen-bond donors (Lipinski definition) is 1. The second-order valence-corrected chi connectivity index (χ2v) is 11.3. The Morgan fingerprint density at radius 1 is 1.09 bits per heavy atom. The van der Waals surface area contributed by atoms with E-state index in [1.54, 1.807) is 17.0 Å². The van der Waals surface area contributed by atoms with Gasteiger partial charge in [-0.1, -0.05) is 24.9 Å². The molecule has 0 saturated carbocycles. The lowest BCUT2D eigenvalue weighted by Crippen LogP contribution is -2.53. The van der Waals surface area contributed by atoms with Crippen LogP contribution >= 0.6 is 11.6 Å². The molecule has 2 saturated heterocycles. The van der Waals surface area contributed by atoms with Gasteiger partial charge in [-0.2, -0.15) is 4.31 Å². The highest BCUT2D eigenvalue weighted by molar-refractivity contribution is 7.89. The van der Waals surface area contributed by atoms with Gasteiger partial charge in [0.25, 0.3) is 0 Å². The van der Waals surface area contributed by atoms with E-state index in [2.05, 4.69) is 12.2 Å². The molecule has 2 aliphatic rings. The third kappa shape index (κ3) is 5.83. The number of likely N-dealkylation sites (tertiary alicyclic amines) is 1. The average Bonchev–Trinajstić information content (AvgIpc) is 2.79. The van der Waals surface area contributed by atoms with Crippen LogP contribution in [0, 0.1) is 11.8 Å². The van der Waals surface area contributed by atoms with Gasteiger partial charge >= 0.3 is 0 Å². The number of nitrogens with zero attached hydrogens (tertiary/aromatic N) is 2. The van der Waals surface area contributed by atoms with Crippen molar-refractivity contribution in [3.63, 3.8) is 0 Å². The van der Waals surface area contributed by atoms with Gasteiger partial charge in [0.1, 0.15) is 0 Å². The first-order chi connectivity index (χ1) is 15.2. The third-order valence-corrected chi connectivity index (χ3v) is 8.68. The largest absolute Gasteiger partial charge is 0.356 e. The number of amides is 2. The van der Waals surface area contributed by atoms with Crippen LogP contribution in [0.1, 0.15) is 52.4 Å². The fourth-order valence-corrected chi connectivity index (χ4v) is 6.16. The Labute approximate surface area is 196 Å². The first kappa shape index (κ1) is 25.0. The van der Waals surface area contributed by atoms with E-state index in [4.69, 9.17) is 11.6 Å². The molecular weight excluding hydrogens is 450 g/mol. The highest BCUT2D eigenvalue weighted by Crippen LogP contribution is 2.29. The lowest BCUT2D eigenvalue weighted by molar-refractivity contribution is -0.143. The summed E-state index contributed by atoms with van der Waals surface area (Å²) in [6.07, 6.45) is 4.79. The van der Waals surface area contributed by atoms with Crippen molar-refractivity contribution >= 4 is 33.4 Å². The lowest BCUT2D eigenvalue weighted by Gasteiger charge is -2.41. The number of nitrogens with one attached hydrogen (secondary N) is 1. The molecule has 0 aliphatic carbocycles. The first-order valence-corrected chi connectivity index (χ1v) is 13.4. The van der Waals surface area contributed by atoms with Crippen LogP contribution in [-0.2, 0) is 19.6 Å². The molecule has 1 aromatic rings. The summed E-state index contributed by atoms with van der Waals surface area (Å²) in [6.45, 7) is 5.71. The minimum atomic E-state index is -3.69. The standard InChI is InChI=1S/C23H34ClN3O4S/c1-3-4-13-25-22(28)18-8-7-17(2)27(16-18)23(29)19-6-5-14-26(15-19)32(30,31)21-11-9-20(24)10-12-21/h9-12,17-19H,3-8,13-16H2,1-2H3,(H,25,28). The number of benzene rings is 1. The van der Waals surface area contributed by atoms with Crippen LogP contribution in [0.2, 0.25) is 5.02 Å². The van der Waals surface area contributed by atoms with E-state index in [1.165, 1.54) is 16.4 Å². The van der Waals surface area contributed by atoms with Crippen LogP contribution in [0.25, 0.3) is 0 Å². The van der Waals surface area contributed by atoms with E-state index >= 15 is 0 Å². The molecule has 32 heavy (non-hydrogen) atoms. The number of rotatable bonds is 7. The molecule has 0 aromatic heterocycles. The molecule has 0 radical (unpaired) electrons. The molecular formula is C23H34ClN3O4S. The van der Waals surface area contributed by atoms with Crippen molar-refractivity contribution in [3.05, 3.63) is 29.3 Å². The van der Waals surface area contributed by atoms with Gasteiger partial charge in [-0.25, -0.2) is 8.42 Å². The number of carbonyl (C=O) groups is 2. The van der Waals surface area contributed by atoms with Crippen molar-refractivity contribution < 1.29 is 18.0 Å². The van der Waals surface area contributed by atoms with Crippen LogP contribution in [0.15, 0.2) is 29.2 Å². The molecule has 2 amide bonds. The van der Waals surface area contributed by atoms with E-state index in [1.807, 2.05) is 6.92 Å². The average molecular weight is 484 g/mol. The van der Waals surface area contributed by atoms with Gasteiger partial charge in [0.05, 0.1) is 16.7 Å². The number of halogens is 1. The zero-order valence-electron chi connectivity index (χ0n) is 18.9. The number of sulfonamides is 1. The molecule has 3 rings (SSSR count). The monoisotopic (exact) mass is 483 g/mol. The molecule has 0 spiro atoms. The van der Waals surface area contributed by atoms with Gasteiger partial charge in [-0.3, -0.25) is 9.59 Å². The van der Waals surface area contributed by atoms with E-state index in [-0.39, 0.29) is 35.2 Å². The summed E-state index contributed by atoms with van der Waals surface area (Å²) in [5.41, 5.74) is 0. The van der Waals surface area contributed by atoms with Gasteiger partial charge in [-0.05, 0) is 63.3 Å². The van der Waals surface area contributed by atoms with Crippen LogP contribution < -0.4 is 5.32 Å². The Morgan fingerprint density at radius 3 is 2.50 bits per heavy atom. The van der Waals surface area contributed by atoms with Crippen molar-refractivity contribution in [2.24, 2.45) is 11.8 Å². The van der Waals surface area contributed by atoms with Crippen molar-refractivity contribution in [3.8, 4) is 0 Å². The van der Waals surface area contributed by atoms with Crippen LogP contribution in [0.5, 0.6) is 0 Å². The van der Waals surface area contributed by atoms with E-state index in [0.717, 1.165) is 25.7 Å². The quantitative estimate of drug-likeness (QED) is 0.603. The lowest BCUT2D eigenvalue weighted by atomic mass is 9.90. The fraction of sp³-hybridized carbons (Fsp3) is 0.652. The molecule has 2 heterocycles. The number of piperidine rings is 2. The van der Waals surface area contributed by atoms with Crippen molar-refractivity contribution in [2.75, 3.05) is 26.2 Å². The minimum Gasteiger partial charge on any atom is -0.356 e. The zero-order valence-corrected chi connectivity index (χ0v) is 20.5. The Balaban J connectivity index is 1.66. The van der Waals surface area contributed by atoms with Crippen molar-refractivity contribution in [1.82, 2.24) is 14.5 Å². The normalized spacial score (nSPS) is 24.8. The topological polar surface area (TPSA) is 86.8 Å². The van der Waals surface area contributed by atoms with E-state index < -0.39 is 15.9 Å². The summed E-state index contributed by atoms with van der Waals surface area (Å²) in [7, 11) is -3.69. The fourth-order valence-electron chi connectivity index (χ4n) is 4.51. The Kier molecular flexibility index (Phi) is 8.58. The maximum atomic E-state index is 13.4. The molecule has 2 fully saturated rings. The van der Waals surface area contributed by atoms with Gasteiger partial charge in [0.15, 0.2) is 0 Å². The molecule has 1 N–H and O–H groups in total. The smallest absolute Gasteiger partial charge is 0.243 e. The van der Waals surface area contributed by atoms with Crippen LogP contribution in [-0.4, -0.2) is 61.7 Å². The van der Waals surface area contributed by atoms with Crippen LogP contribution in [0.3, 0.4) is 0 Å². The summed E-state index contributed by atoms with van der Waals surface area (Å²) < 4.78 is 27.6. The molecule has 7 nitrogen and oxygen atoms in total. The number of hydrogen-bond acceptors (Lipinski definition) is 4. The van der Waals surface area contributed by atoms with E-state index in [0.29, 0.717) is 37.5 Å². The van der Waals surface area contributed by atoms with Gasteiger partial charge in [0, 0.05) is 37.2 Å². The van der Waals surface area contributed by atoms with E-state index in [9.17, 15) is 18.0 Å². The molecule has 1 aromatic carbocycles. The molecule has 3 unspecified atom stereocenters. The second kappa shape index (κ2) is 11.0. The predicted molar refractivity (Wildman–Crippen MR) is 125 cm³/mol. The molecule has 178 valence electrons. The Hall–Kier alpha value is -1.64. The molecule has 0 bridgehead atoms. The van der Waals surface area contributed by atoms with Gasteiger partial charge in [-0.15, -0.1) is 0 Å².